The molecule has 0 aliphatic carbocycles. The molecule has 0 saturated carbocycles. The Bertz CT molecular complexity index is 229. The largest absolute Gasteiger partial charge is 0.395 e. The summed E-state index contributed by atoms with van der Waals surface area (Å²) in [6, 6.07) is 0. The van der Waals surface area contributed by atoms with Gasteiger partial charge < -0.3 is 15.3 Å². The second-order valence-corrected chi connectivity index (χ2v) is 3.08. The van der Waals surface area contributed by atoms with Crippen molar-refractivity contribution in [1.82, 2.24) is 10.2 Å². The van der Waals surface area contributed by atoms with Crippen LogP contribution in [-0.4, -0.2) is 48.1 Å². The molecule has 0 saturated heterocycles. The summed E-state index contributed by atoms with van der Waals surface area (Å²) in [7, 11) is 0. The van der Waals surface area contributed by atoms with E-state index >= 15 is 0 Å². The Balaban J connectivity index is 3.90. The van der Waals surface area contributed by atoms with E-state index in [1.54, 1.807) is 6.08 Å². The van der Waals surface area contributed by atoms with Crippen molar-refractivity contribution in [3.05, 3.63) is 12.7 Å². The first-order chi connectivity index (χ1) is 7.11. The fourth-order valence-corrected chi connectivity index (χ4v) is 1.10. The van der Waals surface area contributed by atoms with Crippen LogP contribution in [0.25, 0.3) is 0 Å². The van der Waals surface area contributed by atoms with Gasteiger partial charge in [0.25, 0.3) is 0 Å². The second kappa shape index (κ2) is 7.99. The number of carbonyl (C=O) groups excluding carboxylic acids is 2. The minimum atomic E-state index is -0.153. The van der Waals surface area contributed by atoms with Gasteiger partial charge >= 0.3 is 0 Å². The summed E-state index contributed by atoms with van der Waals surface area (Å²) in [4.78, 5) is 23.6. The summed E-state index contributed by atoms with van der Waals surface area (Å²) in [5.74, 6) is -0.252. The van der Waals surface area contributed by atoms with Crippen LogP contribution < -0.4 is 5.32 Å². The molecule has 0 aromatic heterocycles. The maximum atomic E-state index is 11.5. The highest BCUT2D eigenvalue weighted by Gasteiger charge is 2.10. The highest BCUT2D eigenvalue weighted by atomic mass is 16.3. The lowest BCUT2D eigenvalue weighted by Gasteiger charge is -2.19. The van der Waals surface area contributed by atoms with E-state index < -0.39 is 0 Å². The number of aliphatic hydroxyl groups excluding tert-OH is 1. The molecule has 0 aromatic carbocycles. The predicted octanol–water partition coefficient (Wildman–Crippen LogP) is -0.480. The molecular weight excluding hydrogens is 196 g/mol. The number of nitrogens with one attached hydrogen (secondary N) is 1. The van der Waals surface area contributed by atoms with Crippen molar-refractivity contribution >= 4 is 11.8 Å². The molecule has 5 nitrogen and oxygen atoms in total. The zero-order valence-electron chi connectivity index (χ0n) is 9.03. The van der Waals surface area contributed by atoms with Gasteiger partial charge in [-0.3, -0.25) is 9.59 Å². The molecule has 0 aromatic rings. The number of amides is 2. The number of carbonyl (C=O) groups is 2. The predicted molar refractivity (Wildman–Crippen MR) is 57.2 cm³/mol. The van der Waals surface area contributed by atoms with Crippen molar-refractivity contribution in [3.8, 4) is 0 Å². The first-order valence-corrected chi connectivity index (χ1v) is 4.85. The SMILES string of the molecule is C=CCN(CCO)C(=O)CCNC(C)=O. The molecule has 5 heteroatoms. The third-order valence-corrected chi connectivity index (χ3v) is 1.78. The van der Waals surface area contributed by atoms with Gasteiger partial charge in [0.05, 0.1) is 6.61 Å². The van der Waals surface area contributed by atoms with E-state index in [1.807, 2.05) is 0 Å². The Morgan fingerprint density at radius 1 is 1.53 bits per heavy atom. The fraction of sp³-hybridized carbons (Fsp3) is 0.600. The van der Waals surface area contributed by atoms with Gasteiger partial charge in [-0.15, -0.1) is 6.58 Å². The van der Waals surface area contributed by atoms with Crippen LogP contribution in [-0.2, 0) is 9.59 Å². The topological polar surface area (TPSA) is 69.6 Å². The highest BCUT2D eigenvalue weighted by Crippen LogP contribution is 1.93. The lowest BCUT2D eigenvalue weighted by Crippen LogP contribution is -2.36. The maximum Gasteiger partial charge on any atom is 0.224 e. The Labute approximate surface area is 89.8 Å². The Hall–Kier alpha value is -1.36. The molecule has 15 heavy (non-hydrogen) atoms. The Morgan fingerprint density at radius 2 is 2.20 bits per heavy atom. The average molecular weight is 214 g/mol. The fourth-order valence-electron chi connectivity index (χ4n) is 1.10. The van der Waals surface area contributed by atoms with Crippen LogP contribution in [0.5, 0.6) is 0 Å². The monoisotopic (exact) mass is 214 g/mol. The average Bonchev–Trinajstić information content (AvgIpc) is 2.16. The molecule has 2 amide bonds. The number of nitrogens with zero attached hydrogens (tertiary/aromatic N) is 1. The molecule has 0 fully saturated rings. The standard InChI is InChI=1S/C10H18N2O3/c1-3-6-12(7-8-13)10(15)4-5-11-9(2)14/h3,13H,1,4-8H2,2H3,(H,11,14). The first-order valence-electron chi connectivity index (χ1n) is 4.85. The number of aliphatic hydroxyl groups is 1. The number of hydrogen-bond acceptors (Lipinski definition) is 3. The summed E-state index contributed by atoms with van der Waals surface area (Å²) in [6.45, 7) is 5.90. The van der Waals surface area contributed by atoms with Gasteiger partial charge in [-0.25, -0.2) is 0 Å². The molecule has 0 aliphatic heterocycles. The van der Waals surface area contributed by atoms with E-state index in [4.69, 9.17) is 5.11 Å². The van der Waals surface area contributed by atoms with Crippen molar-refractivity contribution in [2.24, 2.45) is 0 Å². The summed E-state index contributed by atoms with van der Waals surface area (Å²) in [5, 5.41) is 11.3. The third-order valence-electron chi connectivity index (χ3n) is 1.78. The second-order valence-electron chi connectivity index (χ2n) is 3.08. The van der Waals surface area contributed by atoms with Crippen LogP contribution in [0.1, 0.15) is 13.3 Å². The van der Waals surface area contributed by atoms with Crippen LogP contribution in [0.15, 0.2) is 12.7 Å². The van der Waals surface area contributed by atoms with E-state index in [0.29, 0.717) is 19.6 Å². The van der Waals surface area contributed by atoms with Gasteiger partial charge in [0.15, 0.2) is 0 Å². The number of rotatable bonds is 7. The summed E-state index contributed by atoms with van der Waals surface area (Å²) in [5.41, 5.74) is 0. The molecule has 0 rings (SSSR count). The summed E-state index contributed by atoms with van der Waals surface area (Å²) < 4.78 is 0. The van der Waals surface area contributed by atoms with Crippen LogP contribution in [0.4, 0.5) is 0 Å². The van der Waals surface area contributed by atoms with E-state index in [1.165, 1.54) is 11.8 Å². The Morgan fingerprint density at radius 3 is 2.67 bits per heavy atom. The van der Waals surface area contributed by atoms with Gasteiger partial charge in [-0.1, -0.05) is 6.08 Å². The Kier molecular flexibility index (Phi) is 7.27. The minimum absolute atomic E-state index is 0.0697. The van der Waals surface area contributed by atoms with Crippen molar-refractivity contribution in [3.63, 3.8) is 0 Å². The summed E-state index contributed by atoms with van der Waals surface area (Å²) >= 11 is 0. The first kappa shape index (κ1) is 13.6. The smallest absolute Gasteiger partial charge is 0.224 e. The highest BCUT2D eigenvalue weighted by molar-refractivity contribution is 5.78. The zero-order chi connectivity index (χ0) is 11.7. The molecule has 2 N–H and O–H groups in total. The van der Waals surface area contributed by atoms with E-state index in [-0.39, 0.29) is 24.8 Å². The van der Waals surface area contributed by atoms with Crippen molar-refractivity contribution in [1.29, 1.82) is 0 Å². The maximum absolute atomic E-state index is 11.5. The molecule has 0 unspecified atom stereocenters. The van der Waals surface area contributed by atoms with Crippen LogP contribution >= 0.6 is 0 Å². The van der Waals surface area contributed by atoms with Gasteiger partial charge in [0.2, 0.25) is 11.8 Å². The van der Waals surface area contributed by atoms with Crippen molar-refractivity contribution in [2.45, 2.75) is 13.3 Å². The third kappa shape index (κ3) is 6.68. The molecule has 0 radical (unpaired) electrons. The van der Waals surface area contributed by atoms with Crippen LogP contribution in [0.3, 0.4) is 0 Å². The van der Waals surface area contributed by atoms with Crippen LogP contribution in [0.2, 0.25) is 0 Å². The van der Waals surface area contributed by atoms with E-state index in [9.17, 15) is 9.59 Å². The molecule has 86 valence electrons. The zero-order valence-corrected chi connectivity index (χ0v) is 9.03. The van der Waals surface area contributed by atoms with E-state index in [2.05, 4.69) is 11.9 Å². The molecule has 0 aliphatic rings. The molecule has 0 atom stereocenters. The van der Waals surface area contributed by atoms with Gasteiger partial charge in [0, 0.05) is 33.0 Å². The molecular formula is C10H18N2O3. The minimum Gasteiger partial charge on any atom is -0.395 e. The lowest BCUT2D eigenvalue weighted by atomic mass is 10.3. The van der Waals surface area contributed by atoms with Gasteiger partial charge in [-0.2, -0.15) is 0 Å². The molecule has 0 spiro atoms. The van der Waals surface area contributed by atoms with Gasteiger partial charge in [0.1, 0.15) is 0 Å². The number of hydrogen-bond donors (Lipinski definition) is 2. The molecule has 0 heterocycles. The van der Waals surface area contributed by atoms with Crippen LogP contribution in [0, 0.1) is 0 Å². The van der Waals surface area contributed by atoms with Crippen molar-refractivity contribution < 1.29 is 14.7 Å². The van der Waals surface area contributed by atoms with E-state index in [0.717, 1.165) is 0 Å². The normalized spacial score (nSPS) is 9.47. The lowest BCUT2D eigenvalue weighted by molar-refractivity contribution is -0.131. The van der Waals surface area contributed by atoms with Gasteiger partial charge in [-0.05, 0) is 0 Å². The summed E-state index contributed by atoms with van der Waals surface area (Å²) in [6.07, 6.45) is 1.85. The quantitative estimate of drug-likeness (QED) is 0.562. The molecule has 0 bridgehead atoms. The van der Waals surface area contributed by atoms with Crippen molar-refractivity contribution in [2.75, 3.05) is 26.2 Å².